The highest BCUT2D eigenvalue weighted by Gasteiger charge is 2.28. The molecule has 0 heterocycles. The monoisotopic (exact) mass is 220 g/mol. The molecule has 0 aromatic rings. The molecule has 0 radical (unpaired) electrons. The molecule has 0 fully saturated rings. The quantitative estimate of drug-likeness (QED) is 0.652. The molecule has 0 amide bonds. The van der Waals surface area contributed by atoms with E-state index in [0.717, 1.165) is 0 Å². The topological polar surface area (TPSA) is 107 Å². The standard InChI is InChI=1S/C7H12N2O4S/c1-7(2,6(10)11)5-9-14(12,13)4-3-8/h9H,4-5H2,1-2H3,(H,10,11). The molecule has 0 unspecified atom stereocenters. The van der Waals surface area contributed by atoms with Crippen LogP contribution < -0.4 is 4.72 Å². The predicted octanol–water partition coefficient (Wildman–Crippen LogP) is -0.460. The van der Waals surface area contributed by atoms with E-state index in [1.165, 1.54) is 19.9 Å². The second kappa shape index (κ2) is 4.39. The fraction of sp³-hybridized carbons (Fsp3) is 0.714. The van der Waals surface area contributed by atoms with E-state index >= 15 is 0 Å². The van der Waals surface area contributed by atoms with Gasteiger partial charge in [0.1, 0.15) is 0 Å². The van der Waals surface area contributed by atoms with Crippen LogP contribution in [-0.2, 0) is 14.8 Å². The van der Waals surface area contributed by atoms with Crippen molar-refractivity contribution in [3.63, 3.8) is 0 Å². The van der Waals surface area contributed by atoms with Crippen LogP contribution >= 0.6 is 0 Å². The van der Waals surface area contributed by atoms with Crippen LogP contribution in [0.15, 0.2) is 0 Å². The van der Waals surface area contributed by atoms with Crippen LogP contribution in [0.25, 0.3) is 0 Å². The minimum absolute atomic E-state index is 0.230. The van der Waals surface area contributed by atoms with Gasteiger partial charge in [-0.2, -0.15) is 5.26 Å². The zero-order chi connectivity index (χ0) is 11.4. The first-order chi connectivity index (χ1) is 6.21. The number of nitriles is 1. The van der Waals surface area contributed by atoms with Crippen LogP contribution in [0.5, 0.6) is 0 Å². The van der Waals surface area contributed by atoms with Crippen molar-refractivity contribution in [3.05, 3.63) is 0 Å². The maximum atomic E-state index is 11.0. The fourth-order valence-electron chi connectivity index (χ4n) is 0.502. The second-order valence-corrected chi connectivity index (χ2v) is 5.23. The third-order valence-electron chi connectivity index (χ3n) is 1.57. The summed E-state index contributed by atoms with van der Waals surface area (Å²) in [5, 5.41) is 16.8. The summed E-state index contributed by atoms with van der Waals surface area (Å²) in [6, 6.07) is 1.48. The Kier molecular flexibility index (Phi) is 4.04. The lowest BCUT2D eigenvalue weighted by Gasteiger charge is -2.18. The van der Waals surface area contributed by atoms with Gasteiger partial charge in [-0.25, -0.2) is 13.1 Å². The van der Waals surface area contributed by atoms with E-state index in [1.807, 2.05) is 0 Å². The first-order valence-electron chi connectivity index (χ1n) is 3.79. The molecule has 0 rings (SSSR count). The van der Waals surface area contributed by atoms with E-state index in [-0.39, 0.29) is 6.54 Å². The molecular formula is C7H12N2O4S. The molecule has 0 aliphatic carbocycles. The van der Waals surface area contributed by atoms with Crippen LogP contribution in [-0.4, -0.2) is 31.8 Å². The Hall–Kier alpha value is -1.13. The molecule has 0 aliphatic rings. The first kappa shape index (κ1) is 12.9. The van der Waals surface area contributed by atoms with E-state index < -0.39 is 27.2 Å². The van der Waals surface area contributed by atoms with Gasteiger partial charge in [0.2, 0.25) is 10.0 Å². The molecule has 0 aromatic heterocycles. The highest BCUT2D eigenvalue weighted by Crippen LogP contribution is 2.13. The van der Waals surface area contributed by atoms with Crippen molar-refractivity contribution in [2.45, 2.75) is 13.8 Å². The van der Waals surface area contributed by atoms with Crippen molar-refractivity contribution in [3.8, 4) is 6.07 Å². The number of carbonyl (C=O) groups is 1. The average Bonchev–Trinajstić information content (AvgIpc) is 2.01. The number of nitrogens with zero attached hydrogens (tertiary/aromatic N) is 1. The summed E-state index contributed by atoms with van der Waals surface area (Å²) in [5.41, 5.74) is -1.18. The zero-order valence-electron chi connectivity index (χ0n) is 7.94. The van der Waals surface area contributed by atoms with E-state index in [0.29, 0.717) is 0 Å². The number of carboxylic acid groups (broad SMARTS) is 1. The molecule has 0 aliphatic heterocycles. The van der Waals surface area contributed by atoms with Crippen LogP contribution in [0.2, 0.25) is 0 Å². The molecule has 0 saturated carbocycles. The number of hydrogen-bond acceptors (Lipinski definition) is 4. The molecular weight excluding hydrogens is 208 g/mol. The van der Waals surface area contributed by atoms with E-state index in [4.69, 9.17) is 10.4 Å². The van der Waals surface area contributed by atoms with E-state index in [2.05, 4.69) is 4.72 Å². The van der Waals surface area contributed by atoms with Crippen molar-refractivity contribution in [2.75, 3.05) is 12.3 Å². The summed E-state index contributed by atoms with van der Waals surface area (Å²) in [5.74, 6) is -1.76. The SMILES string of the molecule is CC(C)(CNS(=O)(=O)CC#N)C(=O)O. The maximum absolute atomic E-state index is 11.0. The number of hydrogen-bond donors (Lipinski definition) is 2. The van der Waals surface area contributed by atoms with Crippen LogP contribution in [0.3, 0.4) is 0 Å². The van der Waals surface area contributed by atoms with Crippen molar-refractivity contribution in [1.29, 1.82) is 5.26 Å². The normalized spacial score (nSPS) is 12.1. The Labute approximate surface area is 82.6 Å². The van der Waals surface area contributed by atoms with Crippen molar-refractivity contribution in [2.24, 2.45) is 5.41 Å². The lowest BCUT2D eigenvalue weighted by Crippen LogP contribution is -2.39. The van der Waals surface area contributed by atoms with Gasteiger partial charge in [-0.1, -0.05) is 0 Å². The number of nitrogens with one attached hydrogen (secondary N) is 1. The summed E-state index contributed by atoms with van der Waals surface area (Å²) in [4.78, 5) is 10.6. The highest BCUT2D eigenvalue weighted by atomic mass is 32.2. The molecule has 14 heavy (non-hydrogen) atoms. The molecule has 7 heteroatoms. The Morgan fingerprint density at radius 2 is 2.07 bits per heavy atom. The predicted molar refractivity (Wildman–Crippen MR) is 48.8 cm³/mol. The smallest absolute Gasteiger partial charge is 0.310 e. The summed E-state index contributed by atoms with van der Waals surface area (Å²) < 4.78 is 24.0. The second-order valence-electron chi connectivity index (χ2n) is 3.43. The van der Waals surface area contributed by atoms with Gasteiger partial charge in [0.05, 0.1) is 11.5 Å². The minimum Gasteiger partial charge on any atom is -0.481 e. The Balaban J connectivity index is 4.35. The Morgan fingerprint density at radius 3 is 2.43 bits per heavy atom. The third kappa shape index (κ3) is 4.20. The molecule has 0 atom stereocenters. The van der Waals surface area contributed by atoms with Crippen LogP contribution in [0, 0.1) is 16.7 Å². The fourth-order valence-corrected chi connectivity index (χ4v) is 1.35. The summed E-state index contributed by atoms with van der Waals surface area (Å²) >= 11 is 0. The summed E-state index contributed by atoms with van der Waals surface area (Å²) in [6.07, 6.45) is 0. The Bertz CT molecular complexity index is 352. The average molecular weight is 220 g/mol. The molecule has 0 bridgehead atoms. The van der Waals surface area contributed by atoms with Crippen molar-refractivity contribution >= 4 is 16.0 Å². The van der Waals surface area contributed by atoms with Gasteiger partial charge in [0, 0.05) is 6.54 Å². The van der Waals surface area contributed by atoms with Crippen LogP contribution in [0.1, 0.15) is 13.8 Å². The zero-order valence-corrected chi connectivity index (χ0v) is 8.76. The summed E-state index contributed by atoms with van der Waals surface area (Å²) in [7, 11) is -3.67. The molecule has 2 N–H and O–H groups in total. The van der Waals surface area contributed by atoms with Crippen molar-refractivity contribution in [1.82, 2.24) is 4.72 Å². The van der Waals surface area contributed by atoms with Gasteiger partial charge < -0.3 is 5.11 Å². The van der Waals surface area contributed by atoms with Crippen LogP contribution in [0.4, 0.5) is 0 Å². The molecule has 0 aromatic carbocycles. The highest BCUT2D eigenvalue weighted by molar-refractivity contribution is 7.89. The number of carboxylic acids is 1. The lowest BCUT2D eigenvalue weighted by molar-refractivity contribution is -0.146. The van der Waals surface area contributed by atoms with Gasteiger partial charge in [-0.05, 0) is 13.8 Å². The van der Waals surface area contributed by atoms with Crippen molar-refractivity contribution < 1.29 is 18.3 Å². The number of rotatable bonds is 5. The maximum Gasteiger partial charge on any atom is 0.310 e. The summed E-state index contributed by atoms with van der Waals surface area (Å²) in [6.45, 7) is 2.56. The first-order valence-corrected chi connectivity index (χ1v) is 5.44. The van der Waals surface area contributed by atoms with Gasteiger partial charge in [-0.3, -0.25) is 4.79 Å². The van der Waals surface area contributed by atoms with Gasteiger partial charge >= 0.3 is 5.97 Å². The third-order valence-corrected chi connectivity index (χ3v) is 2.66. The van der Waals surface area contributed by atoms with Gasteiger partial charge in [-0.15, -0.1) is 0 Å². The van der Waals surface area contributed by atoms with Gasteiger partial charge in [0.25, 0.3) is 0 Å². The minimum atomic E-state index is -3.67. The van der Waals surface area contributed by atoms with E-state index in [9.17, 15) is 13.2 Å². The molecule has 0 saturated heterocycles. The van der Waals surface area contributed by atoms with E-state index in [1.54, 1.807) is 0 Å². The number of sulfonamides is 1. The molecule has 6 nitrogen and oxygen atoms in total. The Morgan fingerprint density at radius 1 is 1.57 bits per heavy atom. The lowest BCUT2D eigenvalue weighted by atomic mass is 9.95. The van der Waals surface area contributed by atoms with Gasteiger partial charge in [0.15, 0.2) is 5.75 Å². The number of aliphatic carboxylic acids is 1. The largest absolute Gasteiger partial charge is 0.481 e. The molecule has 80 valence electrons. The molecule has 0 spiro atoms.